The van der Waals surface area contributed by atoms with Gasteiger partial charge in [-0.15, -0.1) is 11.3 Å². The van der Waals surface area contributed by atoms with E-state index in [0.717, 1.165) is 0 Å². The van der Waals surface area contributed by atoms with Crippen molar-refractivity contribution in [3.05, 3.63) is 45.9 Å². The molecule has 0 fully saturated rings. The molecule has 5 heteroatoms. The first-order chi connectivity index (χ1) is 8.67. The molecule has 0 aliphatic heterocycles. The summed E-state index contributed by atoms with van der Waals surface area (Å²) in [5.74, 6) is -0.201. The van der Waals surface area contributed by atoms with E-state index in [-0.39, 0.29) is 17.1 Å². The Kier molecular flexibility index (Phi) is 3.62. The minimum Gasteiger partial charge on any atom is -0.495 e. The molecule has 1 aromatic heterocycles. The second-order valence-corrected chi connectivity index (χ2v) is 4.41. The van der Waals surface area contributed by atoms with Gasteiger partial charge in [0.05, 0.1) is 14.2 Å². The van der Waals surface area contributed by atoms with E-state index in [4.69, 9.17) is 9.47 Å². The van der Waals surface area contributed by atoms with E-state index in [1.54, 1.807) is 11.4 Å². The van der Waals surface area contributed by atoms with Crippen LogP contribution in [0.1, 0.15) is 15.2 Å². The average Bonchev–Trinajstić information content (AvgIpc) is 2.86. The number of hydrogen-bond donors (Lipinski definition) is 0. The lowest BCUT2D eigenvalue weighted by Crippen LogP contribution is -2.02. The Labute approximate surface area is 108 Å². The van der Waals surface area contributed by atoms with Crippen molar-refractivity contribution in [1.29, 1.82) is 0 Å². The van der Waals surface area contributed by atoms with Gasteiger partial charge in [0, 0.05) is 5.56 Å². The molecule has 1 aromatic carbocycles. The van der Waals surface area contributed by atoms with Crippen LogP contribution in [0.5, 0.6) is 11.5 Å². The maximum atomic E-state index is 13.5. The molecule has 0 bridgehead atoms. The van der Waals surface area contributed by atoms with Crippen molar-refractivity contribution >= 4 is 17.1 Å². The van der Waals surface area contributed by atoms with E-state index >= 15 is 0 Å². The van der Waals surface area contributed by atoms with Crippen molar-refractivity contribution in [2.24, 2.45) is 0 Å². The molecule has 3 nitrogen and oxygen atoms in total. The van der Waals surface area contributed by atoms with E-state index in [9.17, 15) is 9.18 Å². The number of rotatable bonds is 4. The number of thiophene rings is 1. The Morgan fingerprint density at radius 1 is 1.17 bits per heavy atom. The molecule has 1 heterocycles. The highest BCUT2D eigenvalue weighted by molar-refractivity contribution is 7.12. The second-order valence-electron chi connectivity index (χ2n) is 3.50. The Bertz CT molecular complexity index is 577. The summed E-state index contributed by atoms with van der Waals surface area (Å²) in [5, 5.41) is 1.76. The Hall–Kier alpha value is -1.88. The molecule has 2 rings (SSSR count). The van der Waals surface area contributed by atoms with Gasteiger partial charge >= 0.3 is 0 Å². The number of carbonyl (C=O) groups is 1. The maximum absolute atomic E-state index is 13.5. The largest absolute Gasteiger partial charge is 0.495 e. The van der Waals surface area contributed by atoms with Crippen LogP contribution in [0, 0.1) is 5.82 Å². The molecule has 0 unspecified atom stereocenters. The van der Waals surface area contributed by atoms with Crippen LogP contribution in [0.4, 0.5) is 4.39 Å². The number of carbonyl (C=O) groups excluding carboxylic acids is 1. The molecule has 0 saturated heterocycles. The fourth-order valence-corrected chi connectivity index (χ4v) is 2.38. The van der Waals surface area contributed by atoms with Crippen LogP contribution in [0.2, 0.25) is 0 Å². The minimum atomic E-state index is -0.557. The van der Waals surface area contributed by atoms with E-state index in [2.05, 4.69) is 0 Å². The molecular weight excluding hydrogens is 255 g/mol. The SMILES string of the molecule is COc1ccc(C(=O)c2sccc2OC)cc1F. The van der Waals surface area contributed by atoms with E-state index < -0.39 is 5.82 Å². The molecule has 0 N–H and O–H groups in total. The van der Waals surface area contributed by atoms with E-state index in [1.807, 2.05) is 0 Å². The van der Waals surface area contributed by atoms with Gasteiger partial charge < -0.3 is 9.47 Å². The van der Waals surface area contributed by atoms with Crippen LogP contribution < -0.4 is 9.47 Å². The number of methoxy groups -OCH3 is 2. The van der Waals surface area contributed by atoms with Crippen molar-refractivity contribution in [3.8, 4) is 11.5 Å². The lowest BCUT2D eigenvalue weighted by atomic mass is 10.1. The van der Waals surface area contributed by atoms with E-state index in [0.29, 0.717) is 10.6 Å². The summed E-state index contributed by atoms with van der Waals surface area (Å²) < 4.78 is 23.4. The topological polar surface area (TPSA) is 35.5 Å². The average molecular weight is 266 g/mol. The summed E-state index contributed by atoms with van der Waals surface area (Å²) in [4.78, 5) is 12.6. The summed E-state index contributed by atoms with van der Waals surface area (Å²) >= 11 is 1.26. The van der Waals surface area contributed by atoms with Crippen LogP contribution in [0.15, 0.2) is 29.6 Å². The van der Waals surface area contributed by atoms with Crippen LogP contribution in [-0.2, 0) is 0 Å². The van der Waals surface area contributed by atoms with Gasteiger partial charge in [-0.05, 0) is 29.6 Å². The zero-order valence-corrected chi connectivity index (χ0v) is 10.7. The minimum absolute atomic E-state index is 0.115. The highest BCUT2D eigenvalue weighted by atomic mass is 32.1. The summed E-state index contributed by atoms with van der Waals surface area (Å²) in [6.07, 6.45) is 0. The predicted molar refractivity (Wildman–Crippen MR) is 67.3 cm³/mol. The van der Waals surface area contributed by atoms with Crippen LogP contribution in [-0.4, -0.2) is 20.0 Å². The van der Waals surface area contributed by atoms with Gasteiger partial charge in [0.1, 0.15) is 10.6 Å². The molecule has 0 atom stereocenters. The Morgan fingerprint density at radius 2 is 1.89 bits per heavy atom. The summed E-state index contributed by atoms with van der Waals surface area (Å²) in [6.45, 7) is 0. The summed E-state index contributed by atoms with van der Waals surface area (Å²) in [6, 6.07) is 5.84. The highest BCUT2D eigenvalue weighted by Crippen LogP contribution is 2.28. The molecule has 2 aromatic rings. The van der Waals surface area contributed by atoms with Gasteiger partial charge in [0.25, 0.3) is 0 Å². The molecule has 0 spiro atoms. The zero-order chi connectivity index (χ0) is 13.1. The number of benzene rings is 1. The number of ketones is 1. The Balaban J connectivity index is 2.37. The van der Waals surface area contributed by atoms with Crippen molar-refractivity contribution in [1.82, 2.24) is 0 Å². The third-order valence-corrected chi connectivity index (χ3v) is 3.36. The van der Waals surface area contributed by atoms with Crippen molar-refractivity contribution in [2.45, 2.75) is 0 Å². The number of halogens is 1. The number of ether oxygens (including phenoxy) is 2. The van der Waals surface area contributed by atoms with Gasteiger partial charge in [-0.25, -0.2) is 4.39 Å². The lowest BCUT2D eigenvalue weighted by Gasteiger charge is -2.05. The highest BCUT2D eigenvalue weighted by Gasteiger charge is 2.17. The first-order valence-corrected chi connectivity index (χ1v) is 6.05. The first kappa shape index (κ1) is 12.6. The quantitative estimate of drug-likeness (QED) is 0.797. The van der Waals surface area contributed by atoms with Crippen LogP contribution >= 0.6 is 11.3 Å². The molecule has 0 aliphatic carbocycles. The maximum Gasteiger partial charge on any atom is 0.206 e. The van der Waals surface area contributed by atoms with Crippen molar-refractivity contribution in [2.75, 3.05) is 14.2 Å². The molecule has 94 valence electrons. The third-order valence-electron chi connectivity index (χ3n) is 2.47. The third kappa shape index (κ3) is 2.22. The summed E-state index contributed by atoms with van der Waals surface area (Å²) in [7, 11) is 2.87. The molecule has 0 saturated carbocycles. The monoisotopic (exact) mass is 266 g/mol. The van der Waals surface area contributed by atoms with Crippen molar-refractivity contribution < 1.29 is 18.7 Å². The van der Waals surface area contributed by atoms with Gasteiger partial charge in [-0.2, -0.15) is 0 Å². The van der Waals surface area contributed by atoms with Gasteiger partial charge in [-0.3, -0.25) is 4.79 Å². The normalized spacial score (nSPS) is 10.2. The molecule has 0 aliphatic rings. The first-order valence-electron chi connectivity index (χ1n) is 5.17. The molecule has 0 amide bonds. The zero-order valence-electron chi connectivity index (χ0n) is 9.90. The van der Waals surface area contributed by atoms with Crippen molar-refractivity contribution in [3.63, 3.8) is 0 Å². The molecule has 18 heavy (non-hydrogen) atoms. The molecule has 0 radical (unpaired) electrons. The smallest absolute Gasteiger partial charge is 0.206 e. The lowest BCUT2D eigenvalue weighted by molar-refractivity contribution is 0.103. The Morgan fingerprint density at radius 3 is 2.50 bits per heavy atom. The van der Waals surface area contributed by atoms with Crippen LogP contribution in [0.3, 0.4) is 0 Å². The van der Waals surface area contributed by atoms with Gasteiger partial charge in [0.2, 0.25) is 5.78 Å². The fraction of sp³-hybridized carbons (Fsp3) is 0.154. The fourth-order valence-electron chi connectivity index (χ4n) is 1.56. The van der Waals surface area contributed by atoms with E-state index in [1.165, 1.54) is 43.8 Å². The van der Waals surface area contributed by atoms with Gasteiger partial charge in [-0.1, -0.05) is 0 Å². The number of hydrogen-bond acceptors (Lipinski definition) is 4. The second kappa shape index (κ2) is 5.18. The molecular formula is C13H11FO3S. The summed E-state index contributed by atoms with van der Waals surface area (Å²) in [5.41, 5.74) is 0.272. The van der Waals surface area contributed by atoms with Crippen LogP contribution in [0.25, 0.3) is 0 Å². The predicted octanol–water partition coefficient (Wildman–Crippen LogP) is 3.14. The van der Waals surface area contributed by atoms with Gasteiger partial charge in [0.15, 0.2) is 11.6 Å². The standard InChI is InChI=1S/C13H11FO3S/c1-16-10-4-3-8(7-9(10)14)12(15)13-11(17-2)5-6-18-13/h3-7H,1-2H3.